The van der Waals surface area contributed by atoms with Crippen molar-refractivity contribution in [2.75, 3.05) is 0 Å². The summed E-state index contributed by atoms with van der Waals surface area (Å²) in [6.07, 6.45) is 0.608. The van der Waals surface area contributed by atoms with E-state index in [1.54, 1.807) is 18.2 Å². The average molecular weight is 277 g/mol. The van der Waals surface area contributed by atoms with Crippen molar-refractivity contribution in [3.63, 3.8) is 0 Å². The van der Waals surface area contributed by atoms with Crippen LogP contribution in [0.5, 0.6) is 0 Å². The topological polar surface area (TPSA) is 43.1 Å². The van der Waals surface area contributed by atoms with Gasteiger partial charge in [0, 0.05) is 4.47 Å². The molecule has 4 heteroatoms. The van der Waals surface area contributed by atoms with Crippen LogP contribution in [-0.2, 0) is 0 Å². The van der Waals surface area contributed by atoms with Gasteiger partial charge in [-0.1, -0.05) is 24.6 Å². The van der Waals surface area contributed by atoms with Crippen LogP contribution in [0.2, 0.25) is 5.02 Å². The van der Waals surface area contributed by atoms with Crippen LogP contribution in [0, 0.1) is 0 Å². The molecule has 0 heterocycles. The van der Waals surface area contributed by atoms with Gasteiger partial charge >= 0.3 is 0 Å². The molecular weight excluding hydrogens is 265 g/mol. The van der Waals surface area contributed by atoms with Crippen molar-refractivity contribution in [3.8, 4) is 0 Å². The highest BCUT2D eigenvalue weighted by Gasteiger charge is 2.19. The van der Waals surface area contributed by atoms with Crippen LogP contribution >= 0.6 is 27.5 Å². The smallest absolute Gasteiger partial charge is 0.182 e. The van der Waals surface area contributed by atoms with Gasteiger partial charge in [-0.05, 0) is 34.5 Å². The van der Waals surface area contributed by atoms with E-state index in [4.69, 9.17) is 17.3 Å². The lowest BCUT2D eigenvalue weighted by atomic mass is 10.0. The van der Waals surface area contributed by atoms with Crippen molar-refractivity contribution in [1.82, 2.24) is 0 Å². The van der Waals surface area contributed by atoms with Crippen molar-refractivity contribution >= 4 is 33.3 Å². The fourth-order valence-corrected chi connectivity index (χ4v) is 2.05. The van der Waals surface area contributed by atoms with Crippen molar-refractivity contribution in [1.29, 1.82) is 0 Å². The third-order valence-electron chi connectivity index (χ3n) is 1.99. The number of ketones is 1. The summed E-state index contributed by atoms with van der Waals surface area (Å²) in [6.45, 7) is 1.87. The summed E-state index contributed by atoms with van der Waals surface area (Å²) in [6, 6.07) is 4.76. The molecule has 0 saturated carbocycles. The first-order chi connectivity index (χ1) is 6.57. The van der Waals surface area contributed by atoms with Crippen LogP contribution in [-0.4, -0.2) is 11.8 Å². The van der Waals surface area contributed by atoms with Gasteiger partial charge < -0.3 is 5.73 Å². The predicted octanol–water partition coefficient (Wildman–Crippen LogP) is 3.02. The number of rotatable bonds is 3. The second-order valence-electron chi connectivity index (χ2n) is 2.98. The highest BCUT2D eigenvalue weighted by molar-refractivity contribution is 9.10. The summed E-state index contributed by atoms with van der Waals surface area (Å²) in [5, 5.41) is 0.438. The molecule has 1 atom stereocenters. The molecule has 2 N–H and O–H groups in total. The minimum absolute atomic E-state index is 0.120. The van der Waals surface area contributed by atoms with Gasteiger partial charge in [0.15, 0.2) is 5.78 Å². The van der Waals surface area contributed by atoms with Crippen LogP contribution in [0.1, 0.15) is 23.7 Å². The minimum Gasteiger partial charge on any atom is -0.321 e. The Morgan fingerprint density at radius 1 is 1.64 bits per heavy atom. The van der Waals surface area contributed by atoms with Crippen LogP contribution in [0.3, 0.4) is 0 Å². The largest absolute Gasteiger partial charge is 0.321 e. The minimum atomic E-state index is -0.480. The third-order valence-corrected chi connectivity index (χ3v) is 2.96. The Morgan fingerprint density at radius 3 is 2.79 bits per heavy atom. The Morgan fingerprint density at radius 2 is 2.29 bits per heavy atom. The summed E-state index contributed by atoms with van der Waals surface area (Å²) < 4.78 is 0.693. The van der Waals surface area contributed by atoms with E-state index in [1.165, 1.54) is 0 Å². The van der Waals surface area contributed by atoms with Crippen LogP contribution in [0.25, 0.3) is 0 Å². The van der Waals surface area contributed by atoms with Crippen LogP contribution in [0.15, 0.2) is 22.7 Å². The molecule has 14 heavy (non-hydrogen) atoms. The summed E-state index contributed by atoms with van der Waals surface area (Å²) >= 11 is 9.20. The molecule has 0 amide bonds. The van der Waals surface area contributed by atoms with Gasteiger partial charge in [0.1, 0.15) is 0 Å². The molecule has 1 unspecified atom stereocenters. The van der Waals surface area contributed by atoms with Gasteiger partial charge in [-0.25, -0.2) is 0 Å². The zero-order valence-corrected chi connectivity index (χ0v) is 10.1. The van der Waals surface area contributed by atoms with Crippen LogP contribution < -0.4 is 5.73 Å². The lowest BCUT2D eigenvalue weighted by molar-refractivity contribution is 0.0959. The van der Waals surface area contributed by atoms with E-state index in [-0.39, 0.29) is 5.78 Å². The van der Waals surface area contributed by atoms with E-state index in [1.807, 2.05) is 6.92 Å². The van der Waals surface area contributed by atoms with E-state index in [9.17, 15) is 4.79 Å². The van der Waals surface area contributed by atoms with Crippen molar-refractivity contribution in [2.45, 2.75) is 19.4 Å². The maximum absolute atomic E-state index is 11.8. The Bertz CT molecular complexity index is 334. The Kier molecular flexibility index (Phi) is 4.11. The SMILES string of the molecule is CCC(N)C(=O)c1c(Cl)cccc1Br. The zero-order chi connectivity index (χ0) is 10.7. The molecule has 0 bridgehead atoms. The monoisotopic (exact) mass is 275 g/mol. The Hall–Kier alpha value is -0.380. The molecule has 76 valence electrons. The molecular formula is C10H11BrClNO. The normalized spacial score (nSPS) is 12.6. The van der Waals surface area contributed by atoms with Gasteiger partial charge in [-0.2, -0.15) is 0 Å². The number of benzene rings is 1. The number of carbonyl (C=O) groups excluding carboxylic acids is 1. The van der Waals surface area contributed by atoms with Crippen molar-refractivity contribution in [2.24, 2.45) is 5.73 Å². The standard InChI is InChI=1S/C10H11BrClNO/c1-2-8(13)10(14)9-6(11)4-3-5-7(9)12/h3-5,8H,2,13H2,1H3. The van der Waals surface area contributed by atoms with E-state index in [2.05, 4.69) is 15.9 Å². The number of carbonyl (C=O) groups is 1. The van der Waals surface area contributed by atoms with E-state index < -0.39 is 6.04 Å². The molecule has 2 nitrogen and oxygen atoms in total. The fraction of sp³-hybridized carbons (Fsp3) is 0.300. The molecule has 0 saturated heterocycles. The maximum atomic E-state index is 11.8. The number of halogens is 2. The quantitative estimate of drug-likeness (QED) is 0.862. The van der Waals surface area contributed by atoms with Gasteiger partial charge in [0.2, 0.25) is 0 Å². The average Bonchev–Trinajstić information content (AvgIpc) is 2.16. The maximum Gasteiger partial charge on any atom is 0.182 e. The summed E-state index contributed by atoms with van der Waals surface area (Å²) in [5.74, 6) is -0.120. The van der Waals surface area contributed by atoms with Gasteiger partial charge in [-0.15, -0.1) is 0 Å². The van der Waals surface area contributed by atoms with Crippen LogP contribution in [0.4, 0.5) is 0 Å². The molecule has 1 aromatic rings. The molecule has 0 aliphatic carbocycles. The molecule has 0 aromatic heterocycles. The molecule has 1 aromatic carbocycles. The Balaban J connectivity index is 3.12. The second-order valence-corrected chi connectivity index (χ2v) is 4.24. The van der Waals surface area contributed by atoms with Gasteiger partial charge in [-0.3, -0.25) is 4.79 Å². The molecule has 1 rings (SSSR count). The molecule has 0 aliphatic heterocycles. The second kappa shape index (κ2) is 4.91. The molecule has 0 aliphatic rings. The molecule has 0 radical (unpaired) electrons. The summed E-state index contributed by atoms with van der Waals surface area (Å²) in [4.78, 5) is 11.8. The zero-order valence-electron chi connectivity index (χ0n) is 7.76. The summed E-state index contributed by atoms with van der Waals surface area (Å²) in [5.41, 5.74) is 6.13. The first-order valence-electron chi connectivity index (χ1n) is 4.31. The number of Topliss-reactive ketones (excluding diaryl/α,β-unsaturated/α-hetero) is 1. The first-order valence-corrected chi connectivity index (χ1v) is 5.48. The predicted molar refractivity (Wildman–Crippen MR) is 61.7 cm³/mol. The van der Waals surface area contributed by atoms with Crippen molar-refractivity contribution in [3.05, 3.63) is 33.3 Å². The van der Waals surface area contributed by atoms with Crippen molar-refractivity contribution < 1.29 is 4.79 Å². The summed E-state index contributed by atoms with van der Waals surface area (Å²) in [7, 11) is 0. The van der Waals surface area contributed by atoms with E-state index in [0.29, 0.717) is 21.5 Å². The lowest BCUT2D eigenvalue weighted by Gasteiger charge is -2.10. The molecule has 0 fully saturated rings. The first kappa shape index (κ1) is 11.7. The Labute approximate surface area is 96.6 Å². The fourth-order valence-electron chi connectivity index (χ4n) is 1.10. The highest BCUT2D eigenvalue weighted by Crippen LogP contribution is 2.25. The molecule has 0 spiro atoms. The lowest BCUT2D eigenvalue weighted by Crippen LogP contribution is -2.30. The third kappa shape index (κ3) is 2.35. The van der Waals surface area contributed by atoms with Gasteiger partial charge in [0.25, 0.3) is 0 Å². The number of nitrogens with two attached hydrogens (primary N) is 1. The van der Waals surface area contributed by atoms with E-state index in [0.717, 1.165) is 0 Å². The number of hydrogen-bond acceptors (Lipinski definition) is 2. The van der Waals surface area contributed by atoms with E-state index >= 15 is 0 Å². The highest BCUT2D eigenvalue weighted by atomic mass is 79.9. The number of hydrogen-bond donors (Lipinski definition) is 1. The van der Waals surface area contributed by atoms with Gasteiger partial charge in [0.05, 0.1) is 16.6 Å².